The van der Waals surface area contributed by atoms with Crippen LogP contribution in [0.3, 0.4) is 0 Å². The standard InChI is InChI=1S/C27H30N10O2/c1-16-11-12-18(32-31-16)14-19-15-22(24-27(29-19)37(17(2)28-24)23-10-5-6-13-39-23)30-21-9-7-8-20(25(21)38-4)26-33-35-36(3)34-26/h7-9,11-12,15,23H,5-6,10,13-14H2,1-4H3,(H,29,30). The second kappa shape index (κ2) is 10.4. The highest BCUT2D eigenvalue weighted by Crippen LogP contribution is 2.38. The number of ether oxygens (including phenoxy) is 2. The van der Waals surface area contributed by atoms with Crippen molar-refractivity contribution in [2.24, 2.45) is 7.05 Å². The maximum Gasteiger partial charge on any atom is 0.208 e. The van der Waals surface area contributed by atoms with E-state index in [1.807, 2.05) is 50.2 Å². The number of methoxy groups -OCH3 is 1. The number of tetrazole rings is 1. The summed E-state index contributed by atoms with van der Waals surface area (Å²) >= 11 is 0. The Labute approximate surface area is 225 Å². The predicted molar refractivity (Wildman–Crippen MR) is 145 cm³/mol. The summed E-state index contributed by atoms with van der Waals surface area (Å²) in [5.74, 6) is 1.93. The van der Waals surface area contributed by atoms with Gasteiger partial charge in [0.1, 0.15) is 17.6 Å². The molecular weight excluding hydrogens is 496 g/mol. The van der Waals surface area contributed by atoms with E-state index in [4.69, 9.17) is 19.4 Å². The Balaban J connectivity index is 1.47. The summed E-state index contributed by atoms with van der Waals surface area (Å²) in [7, 11) is 3.36. The predicted octanol–water partition coefficient (Wildman–Crippen LogP) is 4.07. The van der Waals surface area contributed by atoms with Gasteiger partial charge in [0.15, 0.2) is 11.4 Å². The molecule has 200 valence electrons. The number of nitrogens with one attached hydrogen (secondary N) is 1. The summed E-state index contributed by atoms with van der Waals surface area (Å²) in [5.41, 5.74) is 6.35. The molecule has 1 atom stereocenters. The molecule has 1 aromatic carbocycles. The first-order valence-electron chi connectivity index (χ1n) is 13.0. The Hall–Kier alpha value is -4.45. The molecule has 0 aliphatic carbocycles. The maximum atomic E-state index is 6.14. The van der Waals surface area contributed by atoms with Gasteiger partial charge in [0.2, 0.25) is 5.82 Å². The molecule has 6 rings (SSSR count). The molecule has 0 amide bonds. The van der Waals surface area contributed by atoms with Crippen molar-refractivity contribution in [1.29, 1.82) is 0 Å². The molecule has 1 fully saturated rings. The number of para-hydroxylation sites is 1. The lowest BCUT2D eigenvalue weighted by molar-refractivity contribution is -0.0309. The van der Waals surface area contributed by atoms with Gasteiger partial charge in [0.25, 0.3) is 0 Å². The van der Waals surface area contributed by atoms with Gasteiger partial charge >= 0.3 is 0 Å². The van der Waals surface area contributed by atoms with Crippen molar-refractivity contribution < 1.29 is 9.47 Å². The van der Waals surface area contributed by atoms with Gasteiger partial charge in [-0.2, -0.15) is 15.0 Å². The number of pyridine rings is 1. The summed E-state index contributed by atoms with van der Waals surface area (Å²) in [4.78, 5) is 11.4. The number of aryl methyl sites for hydroxylation is 3. The summed E-state index contributed by atoms with van der Waals surface area (Å²) in [6.07, 6.45) is 3.52. The topological polar surface area (TPSA) is 131 Å². The van der Waals surface area contributed by atoms with Crippen molar-refractivity contribution in [2.75, 3.05) is 19.0 Å². The fourth-order valence-electron chi connectivity index (χ4n) is 4.96. The Morgan fingerprint density at radius 3 is 2.64 bits per heavy atom. The van der Waals surface area contributed by atoms with Crippen LogP contribution in [0.15, 0.2) is 36.4 Å². The molecule has 0 spiro atoms. The fourth-order valence-corrected chi connectivity index (χ4v) is 4.96. The third kappa shape index (κ3) is 4.90. The molecule has 5 aromatic rings. The Morgan fingerprint density at radius 1 is 1.03 bits per heavy atom. The van der Waals surface area contributed by atoms with Crippen LogP contribution in [0.4, 0.5) is 11.4 Å². The van der Waals surface area contributed by atoms with Crippen LogP contribution in [0.2, 0.25) is 0 Å². The number of benzene rings is 1. The van der Waals surface area contributed by atoms with Crippen LogP contribution in [0.1, 0.15) is 48.4 Å². The summed E-state index contributed by atoms with van der Waals surface area (Å²) in [5, 5.41) is 24.6. The Bertz CT molecular complexity index is 1620. The van der Waals surface area contributed by atoms with Crippen LogP contribution in [0, 0.1) is 13.8 Å². The third-order valence-corrected chi connectivity index (χ3v) is 6.77. The second-order valence-electron chi connectivity index (χ2n) is 9.64. The van der Waals surface area contributed by atoms with E-state index in [1.54, 1.807) is 14.2 Å². The Kier molecular flexibility index (Phi) is 6.61. The highest BCUT2D eigenvalue weighted by Gasteiger charge is 2.24. The number of rotatable bonds is 7. The first-order valence-corrected chi connectivity index (χ1v) is 13.0. The van der Waals surface area contributed by atoms with E-state index in [1.165, 1.54) is 4.80 Å². The van der Waals surface area contributed by atoms with Gasteiger partial charge in [-0.1, -0.05) is 6.07 Å². The zero-order valence-corrected chi connectivity index (χ0v) is 22.4. The lowest BCUT2D eigenvalue weighted by Crippen LogP contribution is -2.19. The first-order chi connectivity index (χ1) is 19.0. The van der Waals surface area contributed by atoms with Crippen molar-refractivity contribution in [3.05, 3.63) is 59.3 Å². The van der Waals surface area contributed by atoms with Gasteiger partial charge in [-0.05, 0) is 68.7 Å². The van der Waals surface area contributed by atoms with Crippen LogP contribution in [0.5, 0.6) is 5.75 Å². The molecule has 0 bridgehead atoms. The average Bonchev–Trinajstić information content (AvgIpc) is 3.53. The molecule has 1 N–H and O–H groups in total. The maximum absolute atomic E-state index is 6.14. The molecule has 12 heteroatoms. The monoisotopic (exact) mass is 526 g/mol. The molecule has 4 aromatic heterocycles. The van der Waals surface area contributed by atoms with E-state index in [-0.39, 0.29) is 6.23 Å². The van der Waals surface area contributed by atoms with Crippen molar-refractivity contribution in [1.82, 2.24) is 44.9 Å². The highest BCUT2D eigenvalue weighted by atomic mass is 16.5. The number of anilines is 2. The zero-order valence-electron chi connectivity index (χ0n) is 22.4. The summed E-state index contributed by atoms with van der Waals surface area (Å²) in [6.45, 7) is 4.65. The second-order valence-corrected chi connectivity index (χ2v) is 9.64. The molecule has 0 radical (unpaired) electrons. The normalized spacial score (nSPS) is 15.5. The quantitative estimate of drug-likeness (QED) is 0.331. The fraction of sp³-hybridized carbons (Fsp3) is 0.370. The third-order valence-electron chi connectivity index (χ3n) is 6.77. The molecule has 1 aliphatic heterocycles. The lowest BCUT2D eigenvalue weighted by atomic mass is 10.1. The minimum absolute atomic E-state index is 0.0980. The van der Waals surface area contributed by atoms with Crippen LogP contribution in [0.25, 0.3) is 22.6 Å². The lowest BCUT2D eigenvalue weighted by Gasteiger charge is -2.25. The number of fused-ring (bicyclic) bond motifs is 1. The van der Waals surface area contributed by atoms with Crippen molar-refractivity contribution >= 4 is 22.5 Å². The molecule has 5 heterocycles. The number of aromatic nitrogens is 9. The molecule has 1 unspecified atom stereocenters. The summed E-state index contributed by atoms with van der Waals surface area (Å²) in [6, 6.07) is 11.7. The smallest absolute Gasteiger partial charge is 0.208 e. The van der Waals surface area contributed by atoms with E-state index in [2.05, 4.69) is 35.5 Å². The minimum Gasteiger partial charge on any atom is -0.494 e. The van der Waals surface area contributed by atoms with Gasteiger partial charge in [0.05, 0.1) is 48.2 Å². The minimum atomic E-state index is -0.0980. The largest absolute Gasteiger partial charge is 0.494 e. The van der Waals surface area contributed by atoms with Crippen LogP contribution in [-0.4, -0.2) is 58.7 Å². The molecule has 0 saturated carbocycles. The number of nitrogens with zero attached hydrogens (tertiary/aromatic N) is 9. The molecule has 1 saturated heterocycles. The molecular formula is C27H30N10O2. The Morgan fingerprint density at radius 2 is 1.92 bits per heavy atom. The van der Waals surface area contributed by atoms with E-state index in [0.29, 0.717) is 18.0 Å². The van der Waals surface area contributed by atoms with Crippen LogP contribution in [-0.2, 0) is 18.2 Å². The molecule has 39 heavy (non-hydrogen) atoms. The van der Waals surface area contributed by atoms with Gasteiger partial charge in [-0.15, -0.1) is 10.2 Å². The van der Waals surface area contributed by atoms with Gasteiger partial charge in [-0.25, -0.2) is 9.97 Å². The van der Waals surface area contributed by atoms with Crippen LogP contribution >= 0.6 is 0 Å². The molecule has 12 nitrogen and oxygen atoms in total. The van der Waals surface area contributed by atoms with E-state index < -0.39 is 0 Å². The zero-order chi connectivity index (χ0) is 26.9. The SMILES string of the molecule is COc1c(Nc2cc(Cc3ccc(C)nn3)nc3c2nc(C)n3C2CCCCO2)cccc1-c1nnn(C)n1. The van der Waals surface area contributed by atoms with E-state index in [0.717, 1.165) is 76.9 Å². The van der Waals surface area contributed by atoms with Crippen molar-refractivity contribution in [2.45, 2.75) is 45.8 Å². The average molecular weight is 527 g/mol. The van der Waals surface area contributed by atoms with E-state index >= 15 is 0 Å². The molecule has 1 aliphatic rings. The van der Waals surface area contributed by atoms with Gasteiger partial charge in [0, 0.05) is 13.0 Å². The first kappa shape index (κ1) is 24.9. The number of imidazole rings is 1. The van der Waals surface area contributed by atoms with Crippen molar-refractivity contribution in [3.8, 4) is 17.1 Å². The van der Waals surface area contributed by atoms with Gasteiger partial charge in [-0.3, -0.25) is 4.57 Å². The van der Waals surface area contributed by atoms with E-state index in [9.17, 15) is 0 Å². The number of hydrogen-bond donors (Lipinski definition) is 1. The highest BCUT2D eigenvalue weighted by molar-refractivity contribution is 5.90. The summed E-state index contributed by atoms with van der Waals surface area (Å²) < 4.78 is 14.1. The number of hydrogen-bond acceptors (Lipinski definition) is 10. The van der Waals surface area contributed by atoms with Crippen molar-refractivity contribution in [3.63, 3.8) is 0 Å². The van der Waals surface area contributed by atoms with Crippen LogP contribution < -0.4 is 10.1 Å². The van der Waals surface area contributed by atoms with Gasteiger partial charge < -0.3 is 14.8 Å².